The van der Waals surface area contributed by atoms with Crippen LogP contribution < -0.4 is 19.9 Å². The number of fused-ring (bicyclic) bond motifs is 1. The first-order chi connectivity index (χ1) is 18.0. The molecule has 7 heteroatoms. The Morgan fingerprint density at radius 3 is 2.38 bits per heavy atom. The van der Waals surface area contributed by atoms with E-state index in [1.54, 1.807) is 7.11 Å². The van der Waals surface area contributed by atoms with Gasteiger partial charge in [0.2, 0.25) is 0 Å². The topological polar surface area (TPSA) is 60.9 Å². The molecule has 0 aliphatic carbocycles. The van der Waals surface area contributed by atoms with Gasteiger partial charge in [0.1, 0.15) is 11.6 Å². The van der Waals surface area contributed by atoms with Gasteiger partial charge in [0.15, 0.2) is 0 Å². The molecule has 0 unspecified atom stereocenters. The van der Waals surface area contributed by atoms with E-state index in [-0.39, 0.29) is 11.9 Å². The number of pyridine rings is 1. The maximum absolute atomic E-state index is 13.4. The minimum atomic E-state index is -0.0212. The first kappa shape index (κ1) is 26.7. The fourth-order valence-corrected chi connectivity index (χ4v) is 5.03. The smallest absolute Gasteiger partial charge is 0.252 e. The number of para-hydroxylation sites is 1. The second-order valence-corrected chi connectivity index (χ2v) is 9.76. The van der Waals surface area contributed by atoms with E-state index in [0.717, 1.165) is 81.1 Å². The molecule has 1 saturated heterocycles. The zero-order chi connectivity index (χ0) is 26.2. The van der Waals surface area contributed by atoms with Gasteiger partial charge in [-0.05, 0) is 75.8 Å². The number of rotatable bonds is 11. The quantitative estimate of drug-likeness (QED) is 0.405. The molecular formula is C30H41N5O2. The van der Waals surface area contributed by atoms with Gasteiger partial charge in [0.05, 0.1) is 18.2 Å². The number of carbonyl (C=O) groups excluding carboxylic acids is 1. The molecule has 3 aromatic rings. The van der Waals surface area contributed by atoms with E-state index in [4.69, 9.17) is 9.72 Å². The average molecular weight is 504 g/mol. The van der Waals surface area contributed by atoms with Gasteiger partial charge in [0, 0.05) is 43.3 Å². The van der Waals surface area contributed by atoms with Crippen molar-refractivity contribution < 1.29 is 9.53 Å². The molecule has 1 amide bonds. The van der Waals surface area contributed by atoms with Crippen molar-refractivity contribution in [3.05, 3.63) is 60.2 Å². The predicted molar refractivity (Wildman–Crippen MR) is 153 cm³/mol. The highest BCUT2D eigenvalue weighted by Crippen LogP contribution is 2.26. The average Bonchev–Trinajstić information content (AvgIpc) is 2.95. The number of anilines is 2. The van der Waals surface area contributed by atoms with Crippen molar-refractivity contribution in [2.75, 3.05) is 62.7 Å². The lowest BCUT2D eigenvalue weighted by Gasteiger charge is -2.37. The van der Waals surface area contributed by atoms with E-state index >= 15 is 0 Å². The number of ether oxygens (including phenoxy) is 1. The zero-order valence-corrected chi connectivity index (χ0v) is 22.7. The fourth-order valence-electron chi connectivity index (χ4n) is 5.03. The molecule has 2 aromatic carbocycles. The third-order valence-corrected chi connectivity index (χ3v) is 7.37. The van der Waals surface area contributed by atoms with Gasteiger partial charge in [-0.25, -0.2) is 4.98 Å². The van der Waals surface area contributed by atoms with E-state index in [9.17, 15) is 4.79 Å². The number of carbonyl (C=O) groups is 1. The molecule has 4 rings (SSSR count). The number of benzene rings is 2. The molecule has 7 nitrogen and oxygen atoms in total. The number of methoxy groups -OCH3 is 1. The number of amides is 1. The van der Waals surface area contributed by atoms with Crippen LogP contribution in [0.4, 0.5) is 11.5 Å². The zero-order valence-electron chi connectivity index (χ0n) is 22.7. The number of nitrogens with zero attached hydrogens (tertiary/aromatic N) is 4. The number of hydrogen-bond donors (Lipinski definition) is 1. The maximum Gasteiger partial charge on any atom is 0.252 e. The number of nitrogens with one attached hydrogen (secondary N) is 1. The van der Waals surface area contributed by atoms with Crippen LogP contribution >= 0.6 is 0 Å². The van der Waals surface area contributed by atoms with Crippen LogP contribution in [-0.4, -0.2) is 74.8 Å². The van der Waals surface area contributed by atoms with E-state index in [2.05, 4.69) is 52.9 Å². The molecule has 0 saturated carbocycles. The highest BCUT2D eigenvalue weighted by atomic mass is 16.5. The molecule has 0 bridgehead atoms. The molecule has 1 aliphatic rings. The summed E-state index contributed by atoms with van der Waals surface area (Å²) in [5.74, 6) is 1.71. The van der Waals surface area contributed by atoms with Crippen LogP contribution in [-0.2, 0) is 0 Å². The third-order valence-electron chi connectivity index (χ3n) is 7.37. The second kappa shape index (κ2) is 12.8. The summed E-state index contributed by atoms with van der Waals surface area (Å²) in [4.78, 5) is 25.4. The van der Waals surface area contributed by atoms with Crippen LogP contribution in [0.2, 0.25) is 0 Å². The lowest BCUT2D eigenvalue weighted by molar-refractivity contribution is 0.0939. The van der Waals surface area contributed by atoms with Crippen LogP contribution in [0.15, 0.2) is 54.6 Å². The van der Waals surface area contributed by atoms with Crippen molar-refractivity contribution >= 4 is 28.3 Å². The molecule has 1 aliphatic heterocycles. The van der Waals surface area contributed by atoms with Crippen LogP contribution in [0.3, 0.4) is 0 Å². The van der Waals surface area contributed by atoms with Crippen molar-refractivity contribution in [2.45, 2.75) is 39.7 Å². The van der Waals surface area contributed by atoms with Crippen molar-refractivity contribution in [1.82, 2.24) is 15.2 Å². The van der Waals surface area contributed by atoms with E-state index in [1.165, 1.54) is 5.69 Å². The highest BCUT2D eigenvalue weighted by molar-refractivity contribution is 6.07. The standard InChI is InChI=1S/C30H41N5O2/c1-5-33(6-2)17-9-10-23(3)31-30(36)27-22-29(32-28-12-8-7-11-26(27)28)35-20-18-34(19-21-35)24-13-15-25(37-4)16-14-24/h7-8,11-16,22-23H,5-6,9-10,17-21H2,1-4H3,(H,31,36)/t23-/m1/s1. The Labute approximate surface area is 221 Å². The predicted octanol–water partition coefficient (Wildman–Crippen LogP) is 4.81. The van der Waals surface area contributed by atoms with Gasteiger partial charge in [-0.1, -0.05) is 32.0 Å². The van der Waals surface area contributed by atoms with Gasteiger partial charge in [0.25, 0.3) is 5.91 Å². The van der Waals surface area contributed by atoms with Gasteiger partial charge in [-0.2, -0.15) is 0 Å². The molecule has 2 heterocycles. The summed E-state index contributed by atoms with van der Waals surface area (Å²) in [6.45, 7) is 13.2. The van der Waals surface area contributed by atoms with Gasteiger partial charge >= 0.3 is 0 Å². The summed E-state index contributed by atoms with van der Waals surface area (Å²) in [6, 6.07) is 18.3. The molecule has 1 fully saturated rings. The monoisotopic (exact) mass is 503 g/mol. The van der Waals surface area contributed by atoms with Crippen molar-refractivity contribution in [3.8, 4) is 5.75 Å². The molecule has 1 aromatic heterocycles. The lowest BCUT2D eigenvalue weighted by atomic mass is 10.1. The molecule has 37 heavy (non-hydrogen) atoms. The van der Waals surface area contributed by atoms with Crippen molar-refractivity contribution in [3.63, 3.8) is 0 Å². The highest BCUT2D eigenvalue weighted by Gasteiger charge is 2.22. The lowest BCUT2D eigenvalue weighted by Crippen LogP contribution is -2.47. The molecule has 0 radical (unpaired) electrons. The van der Waals surface area contributed by atoms with Gasteiger partial charge in [-0.15, -0.1) is 0 Å². The summed E-state index contributed by atoms with van der Waals surface area (Å²) in [5, 5.41) is 4.14. The molecule has 0 spiro atoms. The largest absolute Gasteiger partial charge is 0.497 e. The number of aromatic nitrogens is 1. The second-order valence-electron chi connectivity index (χ2n) is 9.76. The minimum Gasteiger partial charge on any atom is -0.497 e. The Balaban J connectivity index is 1.44. The third kappa shape index (κ3) is 6.72. The molecular weight excluding hydrogens is 462 g/mol. The van der Waals surface area contributed by atoms with E-state index in [1.807, 2.05) is 42.5 Å². The van der Waals surface area contributed by atoms with Crippen LogP contribution in [0.5, 0.6) is 5.75 Å². The van der Waals surface area contributed by atoms with Crippen LogP contribution in [0.25, 0.3) is 10.9 Å². The van der Waals surface area contributed by atoms with Gasteiger partial charge < -0.3 is 24.8 Å². The summed E-state index contributed by atoms with van der Waals surface area (Å²) in [6.07, 6.45) is 2.04. The van der Waals surface area contributed by atoms with E-state index < -0.39 is 0 Å². The molecule has 198 valence electrons. The SMILES string of the molecule is CCN(CC)CCC[C@@H](C)NC(=O)c1cc(N2CCN(c3ccc(OC)cc3)CC2)nc2ccccc12. The first-order valence-electron chi connectivity index (χ1n) is 13.6. The summed E-state index contributed by atoms with van der Waals surface area (Å²) in [5.41, 5.74) is 2.76. The number of hydrogen-bond acceptors (Lipinski definition) is 6. The maximum atomic E-state index is 13.4. The Morgan fingerprint density at radius 1 is 1.03 bits per heavy atom. The Hall–Kier alpha value is -3.32. The normalized spacial score (nSPS) is 14.7. The van der Waals surface area contributed by atoms with Crippen molar-refractivity contribution in [1.29, 1.82) is 0 Å². The van der Waals surface area contributed by atoms with Crippen LogP contribution in [0, 0.1) is 0 Å². The summed E-state index contributed by atoms with van der Waals surface area (Å²) >= 11 is 0. The Morgan fingerprint density at radius 2 is 1.70 bits per heavy atom. The van der Waals surface area contributed by atoms with Crippen molar-refractivity contribution in [2.24, 2.45) is 0 Å². The fraction of sp³-hybridized carbons (Fsp3) is 0.467. The Bertz CT molecular complexity index is 1150. The minimum absolute atomic E-state index is 0.0212. The molecule has 1 atom stereocenters. The summed E-state index contributed by atoms with van der Waals surface area (Å²) in [7, 11) is 1.69. The Kier molecular flexibility index (Phi) is 9.23. The van der Waals surface area contributed by atoms with Crippen LogP contribution in [0.1, 0.15) is 44.0 Å². The van der Waals surface area contributed by atoms with Gasteiger partial charge in [-0.3, -0.25) is 4.79 Å². The molecule has 1 N–H and O–H groups in total. The number of piperazine rings is 1. The summed E-state index contributed by atoms with van der Waals surface area (Å²) < 4.78 is 5.29. The van der Waals surface area contributed by atoms with E-state index in [0.29, 0.717) is 5.56 Å². The first-order valence-corrected chi connectivity index (χ1v) is 13.6.